The number of nitrogens with zero attached hydrogens (tertiary/aromatic N) is 1. The zero-order chi connectivity index (χ0) is 22.4. The average molecular weight is 425 g/mol. The molecule has 1 heterocycles. The van der Waals surface area contributed by atoms with Gasteiger partial charge in [0, 0.05) is 18.9 Å². The Morgan fingerprint density at radius 2 is 1.56 bits per heavy atom. The second kappa shape index (κ2) is 9.43. The lowest BCUT2D eigenvalue weighted by molar-refractivity contribution is -0.153. The van der Waals surface area contributed by atoms with Gasteiger partial charge in [-0.15, -0.1) is 0 Å². The van der Waals surface area contributed by atoms with Crippen molar-refractivity contribution in [2.24, 2.45) is 4.99 Å². The van der Waals surface area contributed by atoms with Gasteiger partial charge in [0.2, 0.25) is 11.4 Å². The third kappa shape index (κ3) is 4.67. The van der Waals surface area contributed by atoms with Crippen molar-refractivity contribution in [3.63, 3.8) is 0 Å². The number of benzene rings is 3. The monoisotopic (exact) mass is 425 g/mol. The Kier molecular flexibility index (Phi) is 6.26. The molecule has 0 aromatic heterocycles. The van der Waals surface area contributed by atoms with Gasteiger partial charge in [-0.05, 0) is 29.3 Å². The van der Waals surface area contributed by atoms with Crippen molar-refractivity contribution in [2.45, 2.75) is 25.0 Å². The maximum atomic E-state index is 13.4. The van der Waals surface area contributed by atoms with E-state index in [0.29, 0.717) is 5.56 Å². The largest absolute Gasteiger partial charge is 0.455 e. The van der Waals surface area contributed by atoms with Crippen LogP contribution in [0, 0.1) is 0 Å². The van der Waals surface area contributed by atoms with E-state index in [0.717, 1.165) is 11.1 Å². The maximum absolute atomic E-state index is 13.4. The van der Waals surface area contributed by atoms with Gasteiger partial charge in [0.15, 0.2) is 6.10 Å². The lowest BCUT2D eigenvalue weighted by Gasteiger charge is -2.29. The third-order valence-corrected chi connectivity index (χ3v) is 5.21. The Morgan fingerprint density at radius 1 is 0.969 bits per heavy atom. The van der Waals surface area contributed by atoms with Crippen LogP contribution in [0.4, 0.5) is 0 Å². The Morgan fingerprint density at radius 3 is 2.19 bits per heavy atom. The smallest absolute Gasteiger partial charge is 0.345 e. The Labute approximate surface area is 187 Å². The van der Waals surface area contributed by atoms with Crippen LogP contribution in [-0.2, 0) is 25.5 Å². The summed E-state index contributed by atoms with van der Waals surface area (Å²) in [7, 11) is 0. The number of aliphatic imine (C=N–C) groups is 1. The van der Waals surface area contributed by atoms with Crippen LogP contribution in [0.5, 0.6) is 0 Å². The Balaban J connectivity index is 1.81. The van der Waals surface area contributed by atoms with Crippen molar-refractivity contribution in [3.8, 4) is 0 Å². The van der Waals surface area contributed by atoms with Crippen molar-refractivity contribution in [1.82, 2.24) is 0 Å². The fourth-order valence-corrected chi connectivity index (χ4v) is 3.67. The standard InChI is InChI=1S/C27H23NO4/c1-20(29)31-24(18-17-21-11-5-2-6-12-21)27(19-22-13-7-3-8-14-22)26(30)32-25(28-27)23-15-9-4-10-16-23/h2-18,24H,19H2,1H3/b18-17+/t24-,27+/m1/s1. The average Bonchev–Trinajstić information content (AvgIpc) is 3.15. The quantitative estimate of drug-likeness (QED) is 0.518. The minimum atomic E-state index is -1.44. The molecule has 0 amide bonds. The molecule has 0 fully saturated rings. The molecule has 3 aromatic rings. The summed E-state index contributed by atoms with van der Waals surface area (Å²) >= 11 is 0. The van der Waals surface area contributed by atoms with Crippen molar-refractivity contribution in [2.75, 3.05) is 0 Å². The van der Waals surface area contributed by atoms with Gasteiger partial charge in [0.25, 0.3) is 0 Å². The Hall–Kier alpha value is -3.99. The van der Waals surface area contributed by atoms with Crippen LogP contribution in [0.2, 0.25) is 0 Å². The van der Waals surface area contributed by atoms with Crippen molar-refractivity contribution < 1.29 is 19.1 Å². The van der Waals surface area contributed by atoms with Crippen LogP contribution in [0.15, 0.2) is 102 Å². The topological polar surface area (TPSA) is 65.0 Å². The summed E-state index contributed by atoms with van der Waals surface area (Å²) in [6.07, 6.45) is 2.80. The minimum absolute atomic E-state index is 0.219. The molecule has 1 aliphatic rings. The van der Waals surface area contributed by atoms with E-state index in [2.05, 4.69) is 0 Å². The van der Waals surface area contributed by atoms with Gasteiger partial charge in [-0.3, -0.25) is 4.79 Å². The van der Waals surface area contributed by atoms with E-state index >= 15 is 0 Å². The first-order valence-corrected chi connectivity index (χ1v) is 10.4. The Bertz CT molecular complexity index is 1140. The molecule has 1 aliphatic heterocycles. The summed E-state index contributed by atoms with van der Waals surface area (Å²) in [6, 6.07) is 28.3. The highest BCUT2D eigenvalue weighted by Crippen LogP contribution is 2.34. The van der Waals surface area contributed by atoms with E-state index in [4.69, 9.17) is 14.5 Å². The number of hydrogen-bond acceptors (Lipinski definition) is 5. The van der Waals surface area contributed by atoms with Gasteiger partial charge < -0.3 is 9.47 Å². The number of hydrogen-bond donors (Lipinski definition) is 0. The van der Waals surface area contributed by atoms with Crippen molar-refractivity contribution >= 4 is 23.9 Å². The molecule has 4 rings (SSSR count). The van der Waals surface area contributed by atoms with Gasteiger partial charge >= 0.3 is 11.9 Å². The summed E-state index contributed by atoms with van der Waals surface area (Å²) in [5, 5.41) is 0. The zero-order valence-electron chi connectivity index (χ0n) is 17.7. The molecule has 160 valence electrons. The van der Waals surface area contributed by atoms with E-state index in [1.165, 1.54) is 6.92 Å². The van der Waals surface area contributed by atoms with E-state index in [1.54, 1.807) is 6.08 Å². The summed E-state index contributed by atoms with van der Waals surface area (Å²) < 4.78 is 11.3. The summed E-state index contributed by atoms with van der Waals surface area (Å²) in [4.78, 5) is 30.1. The molecule has 0 radical (unpaired) electrons. The van der Waals surface area contributed by atoms with Gasteiger partial charge in [-0.25, -0.2) is 9.79 Å². The zero-order valence-corrected chi connectivity index (χ0v) is 17.7. The van der Waals surface area contributed by atoms with Crippen LogP contribution in [-0.4, -0.2) is 29.5 Å². The highest BCUT2D eigenvalue weighted by molar-refractivity contribution is 6.08. The lowest BCUT2D eigenvalue weighted by atomic mass is 9.85. The number of carbonyl (C=O) groups excluding carboxylic acids is 2. The van der Waals surface area contributed by atoms with Crippen LogP contribution in [0.1, 0.15) is 23.6 Å². The number of ether oxygens (including phenoxy) is 2. The molecule has 5 nitrogen and oxygen atoms in total. The molecule has 0 N–H and O–H groups in total. The van der Waals surface area contributed by atoms with Crippen LogP contribution >= 0.6 is 0 Å². The fraction of sp³-hybridized carbons (Fsp3) is 0.148. The molecule has 0 saturated heterocycles. The van der Waals surface area contributed by atoms with Gasteiger partial charge in [0.1, 0.15) is 0 Å². The van der Waals surface area contributed by atoms with Crippen LogP contribution < -0.4 is 0 Å². The number of carbonyl (C=O) groups is 2. The molecule has 5 heteroatoms. The predicted molar refractivity (Wildman–Crippen MR) is 123 cm³/mol. The van der Waals surface area contributed by atoms with E-state index in [-0.39, 0.29) is 12.3 Å². The SMILES string of the molecule is CC(=O)O[C@H](/C=C/c1ccccc1)[C@]1(Cc2ccccc2)N=C(c2ccccc2)OC1=O. The molecule has 0 bridgehead atoms. The lowest BCUT2D eigenvalue weighted by Crippen LogP contribution is -2.49. The number of rotatable bonds is 7. The normalized spacial score (nSPS) is 18.8. The molecule has 2 atom stereocenters. The van der Waals surface area contributed by atoms with E-state index in [9.17, 15) is 9.59 Å². The molecular weight excluding hydrogens is 402 g/mol. The fourth-order valence-electron chi connectivity index (χ4n) is 3.67. The highest BCUT2D eigenvalue weighted by atomic mass is 16.6. The molecular formula is C27H23NO4. The van der Waals surface area contributed by atoms with Crippen LogP contribution in [0.25, 0.3) is 6.08 Å². The maximum Gasteiger partial charge on any atom is 0.345 e. The number of esters is 2. The first kappa shape index (κ1) is 21.2. The third-order valence-electron chi connectivity index (χ3n) is 5.21. The van der Waals surface area contributed by atoms with Crippen LogP contribution in [0.3, 0.4) is 0 Å². The highest BCUT2D eigenvalue weighted by Gasteiger charge is 2.53. The summed E-state index contributed by atoms with van der Waals surface area (Å²) in [6.45, 7) is 1.32. The van der Waals surface area contributed by atoms with E-state index < -0.39 is 23.6 Å². The first-order valence-electron chi connectivity index (χ1n) is 10.4. The summed E-state index contributed by atoms with van der Waals surface area (Å²) in [5.74, 6) is -0.836. The van der Waals surface area contributed by atoms with Gasteiger partial charge in [0.05, 0.1) is 0 Å². The first-order chi connectivity index (χ1) is 15.6. The predicted octanol–water partition coefficient (Wildman–Crippen LogP) is 4.62. The molecule has 0 aliphatic carbocycles. The van der Waals surface area contributed by atoms with E-state index in [1.807, 2.05) is 97.1 Å². The van der Waals surface area contributed by atoms with Gasteiger partial charge in [-0.1, -0.05) is 84.9 Å². The van der Waals surface area contributed by atoms with Crippen molar-refractivity contribution in [3.05, 3.63) is 114 Å². The second-order valence-corrected chi connectivity index (χ2v) is 7.56. The molecule has 0 saturated carbocycles. The molecule has 0 spiro atoms. The summed E-state index contributed by atoms with van der Waals surface area (Å²) in [5.41, 5.74) is 1.04. The second-order valence-electron chi connectivity index (χ2n) is 7.56. The molecule has 32 heavy (non-hydrogen) atoms. The number of cyclic esters (lactones) is 1. The molecule has 3 aromatic carbocycles. The minimum Gasteiger partial charge on any atom is -0.455 e. The van der Waals surface area contributed by atoms with Crippen molar-refractivity contribution in [1.29, 1.82) is 0 Å². The molecule has 0 unspecified atom stereocenters. The van der Waals surface area contributed by atoms with Gasteiger partial charge in [-0.2, -0.15) is 0 Å².